The maximum atomic E-state index is 13.0. The van der Waals surface area contributed by atoms with Gasteiger partial charge in [-0.1, -0.05) is 44.2 Å². The summed E-state index contributed by atoms with van der Waals surface area (Å²) in [5.41, 5.74) is 4.12. The lowest BCUT2D eigenvalue weighted by molar-refractivity contribution is 0.627. The largest absolute Gasteiger partial charge is 0.350 e. The van der Waals surface area contributed by atoms with Crippen molar-refractivity contribution < 1.29 is 4.39 Å². The van der Waals surface area contributed by atoms with Crippen LogP contribution in [0, 0.1) is 12.7 Å². The number of nitrogens with zero attached hydrogens (tertiary/aromatic N) is 2. The molecule has 0 aliphatic carbocycles. The maximum Gasteiger partial charge on any atom is 0.225 e. The van der Waals surface area contributed by atoms with Crippen LogP contribution in [0.25, 0.3) is 0 Å². The zero-order valence-electron chi connectivity index (χ0n) is 15.3. The number of halogens is 1. The highest BCUT2D eigenvalue weighted by Crippen LogP contribution is 2.26. The van der Waals surface area contributed by atoms with Gasteiger partial charge in [0.25, 0.3) is 0 Å². The molecule has 0 saturated heterocycles. The smallest absolute Gasteiger partial charge is 0.225 e. The molecular weight excluding hydrogens is 327 g/mol. The number of para-hydroxylation sites is 1. The van der Waals surface area contributed by atoms with Gasteiger partial charge in [0.15, 0.2) is 0 Å². The van der Waals surface area contributed by atoms with E-state index in [2.05, 4.69) is 46.6 Å². The van der Waals surface area contributed by atoms with E-state index in [1.54, 1.807) is 12.1 Å². The second-order valence-corrected chi connectivity index (χ2v) is 6.57. The minimum atomic E-state index is -0.240. The van der Waals surface area contributed by atoms with Crippen LogP contribution in [-0.2, 0) is 6.54 Å². The maximum absolute atomic E-state index is 13.0. The average Bonchev–Trinajstić information content (AvgIpc) is 2.61. The van der Waals surface area contributed by atoms with Crippen LogP contribution in [0.1, 0.15) is 36.6 Å². The standard InChI is InChI=1S/C21H23FN4/c1-14(2)18-6-4-5-7-19(18)25-20-12-15(3)24-21(26-20)23-13-16-8-10-17(22)11-9-16/h4-12,14H,13H2,1-3H3,(H2,23,24,25,26). The van der Waals surface area contributed by atoms with Gasteiger partial charge in [0.2, 0.25) is 5.95 Å². The average molecular weight is 350 g/mol. The second kappa shape index (κ2) is 7.95. The van der Waals surface area contributed by atoms with Crippen molar-refractivity contribution in [3.8, 4) is 0 Å². The molecule has 0 saturated carbocycles. The summed E-state index contributed by atoms with van der Waals surface area (Å²) in [6.07, 6.45) is 0. The summed E-state index contributed by atoms with van der Waals surface area (Å²) in [6, 6.07) is 16.5. The summed E-state index contributed by atoms with van der Waals surface area (Å²) in [4.78, 5) is 8.98. The van der Waals surface area contributed by atoms with Crippen molar-refractivity contribution in [1.29, 1.82) is 0 Å². The predicted octanol–water partition coefficient (Wildman–Crippen LogP) is 5.40. The molecule has 0 spiro atoms. The van der Waals surface area contributed by atoms with Crippen LogP contribution in [0.5, 0.6) is 0 Å². The summed E-state index contributed by atoms with van der Waals surface area (Å²) in [5, 5.41) is 6.60. The number of hydrogen-bond donors (Lipinski definition) is 2. The van der Waals surface area contributed by atoms with Crippen LogP contribution in [-0.4, -0.2) is 9.97 Å². The number of anilines is 3. The molecule has 0 bridgehead atoms. The highest BCUT2D eigenvalue weighted by atomic mass is 19.1. The van der Waals surface area contributed by atoms with Crippen molar-refractivity contribution in [1.82, 2.24) is 9.97 Å². The molecule has 1 heterocycles. The lowest BCUT2D eigenvalue weighted by Gasteiger charge is -2.15. The minimum Gasteiger partial charge on any atom is -0.350 e. The summed E-state index contributed by atoms with van der Waals surface area (Å²) in [5.74, 6) is 1.46. The Bertz CT molecular complexity index is 875. The van der Waals surface area contributed by atoms with Gasteiger partial charge in [-0.05, 0) is 42.2 Å². The summed E-state index contributed by atoms with van der Waals surface area (Å²) in [6.45, 7) is 6.80. The van der Waals surface area contributed by atoms with E-state index in [9.17, 15) is 4.39 Å². The van der Waals surface area contributed by atoms with E-state index in [0.29, 0.717) is 18.4 Å². The Labute approximate surface area is 153 Å². The molecule has 134 valence electrons. The van der Waals surface area contributed by atoms with Crippen molar-refractivity contribution in [3.05, 3.63) is 77.2 Å². The highest BCUT2D eigenvalue weighted by Gasteiger charge is 2.08. The molecule has 5 heteroatoms. The molecule has 0 fully saturated rings. The first kappa shape index (κ1) is 17.9. The molecule has 2 N–H and O–H groups in total. The van der Waals surface area contributed by atoms with Crippen LogP contribution in [0.2, 0.25) is 0 Å². The first-order valence-corrected chi connectivity index (χ1v) is 8.71. The quantitative estimate of drug-likeness (QED) is 0.625. The molecule has 4 nitrogen and oxygen atoms in total. The van der Waals surface area contributed by atoms with Gasteiger partial charge in [0.05, 0.1) is 0 Å². The summed E-state index contributed by atoms with van der Waals surface area (Å²) in [7, 11) is 0. The van der Waals surface area contributed by atoms with Crippen LogP contribution < -0.4 is 10.6 Å². The Kier molecular flexibility index (Phi) is 5.46. The molecule has 26 heavy (non-hydrogen) atoms. The molecule has 0 amide bonds. The highest BCUT2D eigenvalue weighted by molar-refractivity contribution is 5.62. The third-order valence-corrected chi connectivity index (χ3v) is 4.06. The fourth-order valence-corrected chi connectivity index (χ4v) is 2.75. The van der Waals surface area contributed by atoms with Crippen molar-refractivity contribution in [2.75, 3.05) is 10.6 Å². The van der Waals surface area contributed by atoms with Crippen LogP contribution >= 0.6 is 0 Å². The van der Waals surface area contributed by atoms with Crippen LogP contribution in [0.4, 0.5) is 21.8 Å². The zero-order chi connectivity index (χ0) is 18.5. The molecule has 0 unspecified atom stereocenters. The Morgan fingerprint density at radius 3 is 2.46 bits per heavy atom. The zero-order valence-corrected chi connectivity index (χ0v) is 15.3. The van der Waals surface area contributed by atoms with E-state index in [1.165, 1.54) is 17.7 Å². The Morgan fingerprint density at radius 1 is 1.00 bits per heavy atom. The van der Waals surface area contributed by atoms with Gasteiger partial charge in [0.1, 0.15) is 11.6 Å². The van der Waals surface area contributed by atoms with Gasteiger partial charge in [0, 0.05) is 24.0 Å². The van der Waals surface area contributed by atoms with E-state index in [1.807, 2.05) is 25.1 Å². The van der Waals surface area contributed by atoms with E-state index < -0.39 is 0 Å². The van der Waals surface area contributed by atoms with Gasteiger partial charge in [-0.2, -0.15) is 4.98 Å². The van der Waals surface area contributed by atoms with E-state index in [4.69, 9.17) is 0 Å². The monoisotopic (exact) mass is 350 g/mol. The summed E-state index contributed by atoms with van der Waals surface area (Å²) >= 11 is 0. The first-order valence-electron chi connectivity index (χ1n) is 8.71. The molecule has 0 atom stereocenters. The summed E-state index contributed by atoms with van der Waals surface area (Å²) < 4.78 is 13.0. The molecule has 0 radical (unpaired) electrons. The van der Waals surface area contributed by atoms with Gasteiger partial charge in [-0.3, -0.25) is 0 Å². The van der Waals surface area contributed by atoms with E-state index in [0.717, 1.165) is 22.8 Å². The third-order valence-electron chi connectivity index (χ3n) is 4.06. The van der Waals surface area contributed by atoms with Gasteiger partial charge in [-0.25, -0.2) is 9.37 Å². The number of aryl methyl sites for hydroxylation is 1. The number of nitrogens with one attached hydrogen (secondary N) is 2. The van der Waals surface area contributed by atoms with E-state index in [-0.39, 0.29) is 5.82 Å². The lowest BCUT2D eigenvalue weighted by atomic mass is 10.0. The van der Waals surface area contributed by atoms with E-state index >= 15 is 0 Å². The molecule has 3 rings (SSSR count). The Hall–Kier alpha value is -2.95. The normalized spacial score (nSPS) is 10.8. The third kappa shape index (κ3) is 4.57. The minimum absolute atomic E-state index is 0.240. The molecule has 2 aromatic carbocycles. The van der Waals surface area contributed by atoms with Crippen molar-refractivity contribution in [2.45, 2.75) is 33.2 Å². The van der Waals surface area contributed by atoms with Crippen LogP contribution in [0.3, 0.4) is 0 Å². The number of hydrogen-bond acceptors (Lipinski definition) is 4. The van der Waals surface area contributed by atoms with Gasteiger partial charge >= 0.3 is 0 Å². The van der Waals surface area contributed by atoms with Crippen molar-refractivity contribution in [2.24, 2.45) is 0 Å². The fourth-order valence-electron chi connectivity index (χ4n) is 2.75. The number of aromatic nitrogens is 2. The Balaban J connectivity index is 1.76. The molecule has 0 aliphatic heterocycles. The topological polar surface area (TPSA) is 49.8 Å². The first-order chi connectivity index (χ1) is 12.5. The van der Waals surface area contributed by atoms with Gasteiger partial charge in [-0.15, -0.1) is 0 Å². The molecule has 3 aromatic rings. The number of rotatable bonds is 6. The molecular formula is C21H23FN4. The lowest BCUT2D eigenvalue weighted by Crippen LogP contribution is -2.07. The van der Waals surface area contributed by atoms with Crippen LogP contribution in [0.15, 0.2) is 54.6 Å². The molecule has 0 aliphatic rings. The second-order valence-electron chi connectivity index (χ2n) is 6.57. The number of benzene rings is 2. The SMILES string of the molecule is Cc1cc(Nc2ccccc2C(C)C)nc(NCc2ccc(F)cc2)n1. The fraction of sp³-hybridized carbons (Fsp3) is 0.238. The Morgan fingerprint density at radius 2 is 1.73 bits per heavy atom. The van der Waals surface area contributed by atoms with Crippen molar-refractivity contribution in [3.63, 3.8) is 0 Å². The molecule has 1 aromatic heterocycles. The predicted molar refractivity (Wildman–Crippen MR) is 104 cm³/mol. The van der Waals surface area contributed by atoms with Gasteiger partial charge < -0.3 is 10.6 Å². The van der Waals surface area contributed by atoms with Crippen molar-refractivity contribution >= 4 is 17.5 Å².